The van der Waals surface area contributed by atoms with Crippen molar-refractivity contribution in [3.05, 3.63) is 29.3 Å². The second kappa shape index (κ2) is 8.54. The zero-order valence-corrected chi connectivity index (χ0v) is 12.7. The highest BCUT2D eigenvalue weighted by molar-refractivity contribution is 5.79. The zero-order valence-electron chi connectivity index (χ0n) is 12.7. The molecule has 0 amide bonds. The lowest BCUT2D eigenvalue weighted by Crippen LogP contribution is -2.38. The van der Waals surface area contributed by atoms with Gasteiger partial charge in [-0.25, -0.2) is 0 Å². The van der Waals surface area contributed by atoms with Crippen LogP contribution in [0.5, 0.6) is 5.75 Å². The Morgan fingerprint density at radius 3 is 2.52 bits per heavy atom. The number of hydrogen-bond acceptors (Lipinski definition) is 2. The number of benzene rings is 1. The number of guanidine groups is 1. The second-order valence-electron chi connectivity index (χ2n) is 4.71. The van der Waals surface area contributed by atoms with Crippen molar-refractivity contribution in [2.45, 2.75) is 32.7 Å². The SMILES string of the molecule is CN=C(NCCC(F)(F)F)NCc1cc(C)ccc1OC(F)F. The smallest absolute Gasteiger partial charge is 0.390 e. The van der Waals surface area contributed by atoms with Crippen molar-refractivity contribution in [3.63, 3.8) is 0 Å². The Labute approximate surface area is 130 Å². The van der Waals surface area contributed by atoms with Gasteiger partial charge < -0.3 is 15.4 Å². The first-order chi connectivity index (χ1) is 10.7. The third kappa shape index (κ3) is 7.66. The summed E-state index contributed by atoms with van der Waals surface area (Å²) in [7, 11) is 1.40. The Morgan fingerprint density at radius 1 is 1.26 bits per heavy atom. The van der Waals surface area contributed by atoms with Gasteiger partial charge in [-0.05, 0) is 13.0 Å². The van der Waals surface area contributed by atoms with Gasteiger partial charge >= 0.3 is 12.8 Å². The van der Waals surface area contributed by atoms with Crippen LogP contribution in [0, 0.1) is 6.92 Å². The molecule has 0 saturated carbocycles. The molecule has 0 bridgehead atoms. The van der Waals surface area contributed by atoms with Crippen LogP contribution in [0.25, 0.3) is 0 Å². The number of halogens is 5. The van der Waals surface area contributed by atoms with E-state index in [1.165, 1.54) is 13.1 Å². The Balaban J connectivity index is 2.63. The number of aryl methyl sites for hydroxylation is 1. The van der Waals surface area contributed by atoms with E-state index in [2.05, 4.69) is 20.4 Å². The maximum Gasteiger partial charge on any atom is 0.390 e. The van der Waals surface area contributed by atoms with E-state index >= 15 is 0 Å². The first kappa shape index (κ1) is 19.0. The number of aliphatic imine (C=N–C) groups is 1. The third-order valence-electron chi connectivity index (χ3n) is 2.80. The maximum absolute atomic E-state index is 12.4. The molecule has 0 fully saturated rings. The van der Waals surface area contributed by atoms with Crippen LogP contribution in [0.2, 0.25) is 0 Å². The molecule has 0 spiro atoms. The molecule has 0 aliphatic carbocycles. The molecule has 0 unspecified atom stereocenters. The normalized spacial score (nSPS) is 12.4. The molecule has 2 N–H and O–H groups in total. The van der Waals surface area contributed by atoms with Crippen LogP contribution in [0.3, 0.4) is 0 Å². The van der Waals surface area contributed by atoms with E-state index in [0.29, 0.717) is 5.56 Å². The van der Waals surface area contributed by atoms with Crippen molar-refractivity contribution in [3.8, 4) is 5.75 Å². The molecule has 0 aliphatic rings. The summed E-state index contributed by atoms with van der Waals surface area (Å²) >= 11 is 0. The van der Waals surface area contributed by atoms with Crippen LogP contribution >= 0.6 is 0 Å². The number of hydrogen-bond donors (Lipinski definition) is 2. The van der Waals surface area contributed by atoms with Crippen LogP contribution in [-0.2, 0) is 6.54 Å². The fraction of sp³-hybridized carbons (Fsp3) is 0.500. The molecule has 0 atom stereocenters. The Morgan fingerprint density at radius 2 is 1.96 bits per heavy atom. The van der Waals surface area contributed by atoms with Crippen LogP contribution in [0.4, 0.5) is 22.0 Å². The molecule has 23 heavy (non-hydrogen) atoms. The number of nitrogens with one attached hydrogen (secondary N) is 2. The highest BCUT2D eigenvalue weighted by atomic mass is 19.4. The van der Waals surface area contributed by atoms with E-state index in [1.54, 1.807) is 19.1 Å². The Hall–Kier alpha value is -2.06. The molecule has 0 saturated heterocycles. The number of ether oxygens (including phenoxy) is 1. The largest absolute Gasteiger partial charge is 0.434 e. The topological polar surface area (TPSA) is 45.7 Å². The summed E-state index contributed by atoms with van der Waals surface area (Å²) in [6.07, 6.45) is -5.27. The molecule has 0 radical (unpaired) electrons. The van der Waals surface area contributed by atoms with Gasteiger partial charge in [0, 0.05) is 25.7 Å². The quantitative estimate of drug-likeness (QED) is 0.475. The van der Waals surface area contributed by atoms with Gasteiger partial charge in [-0.15, -0.1) is 0 Å². The van der Waals surface area contributed by atoms with Gasteiger partial charge in [0.05, 0.1) is 6.42 Å². The monoisotopic (exact) mass is 339 g/mol. The van der Waals surface area contributed by atoms with Crippen LogP contribution in [-0.4, -0.2) is 32.3 Å². The van der Waals surface area contributed by atoms with Gasteiger partial charge in [0.25, 0.3) is 0 Å². The highest BCUT2D eigenvalue weighted by Crippen LogP contribution is 2.22. The molecule has 1 aromatic rings. The lowest BCUT2D eigenvalue weighted by Gasteiger charge is -2.15. The standard InChI is InChI=1S/C14H18F5N3O/c1-9-3-4-11(23-12(15)16)10(7-9)8-22-13(20-2)21-6-5-14(17,18)19/h3-4,7,12H,5-6,8H2,1-2H3,(H2,20,21,22). The van der Waals surface area contributed by atoms with E-state index in [-0.39, 0.29) is 24.8 Å². The summed E-state index contributed by atoms with van der Waals surface area (Å²) in [6, 6.07) is 4.68. The summed E-state index contributed by atoms with van der Waals surface area (Å²) < 4.78 is 65.4. The van der Waals surface area contributed by atoms with Gasteiger partial charge in [-0.1, -0.05) is 17.7 Å². The first-order valence-electron chi connectivity index (χ1n) is 6.77. The van der Waals surface area contributed by atoms with Gasteiger partial charge in [0.2, 0.25) is 0 Å². The molecule has 9 heteroatoms. The van der Waals surface area contributed by atoms with Gasteiger partial charge in [-0.3, -0.25) is 4.99 Å². The minimum atomic E-state index is -4.26. The average molecular weight is 339 g/mol. The molecule has 1 aromatic carbocycles. The van der Waals surface area contributed by atoms with Crippen LogP contribution < -0.4 is 15.4 Å². The van der Waals surface area contributed by atoms with Gasteiger partial charge in [0.1, 0.15) is 5.75 Å². The van der Waals surface area contributed by atoms with Crippen molar-refractivity contribution in [2.24, 2.45) is 4.99 Å². The third-order valence-corrected chi connectivity index (χ3v) is 2.80. The van der Waals surface area contributed by atoms with Crippen molar-refractivity contribution >= 4 is 5.96 Å². The van der Waals surface area contributed by atoms with E-state index in [0.717, 1.165) is 5.56 Å². The van der Waals surface area contributed by atoms with E-state index in [4.69, 9.17) is 0 Å². The molecule has 4 nitrogen and oxygen atoms in total. The van der Waals surface area contributed by atoms with Crippen LogP contribution in [0.15, 0.2) is 23.2 Å². The molecule has 0 heterocycles. The molecule has 0 aromatic heterocycles. The number of alkyl halides is 5. The average Bonchev–Trinajstić information content (AvgIpc) is 2.43. The summed E-state index contributed by atoms with van der Waals surface area (Å²) in [4.78, 5) is 3.77. The lowest BCUT2D eigenvalue weighted by molar-refractivity contribution is -0.132. The van der Waals surface area contributed by atoms with Crippen molar-refractivity contribution < 1.29 is 26.7 Å². The minimum Gasteiger partial charge on any atom is -0.434 e. The minimum absolute atomic E-state index is 0.00356. The Kier molecular flexibility index (Phi) is 7.05. The molecule has 1 rings (SSSR count). The second-order valence-corrected chi connectivity index (χ2v) is 4.71. The fourth-order valence-electron chi connectivity index (χ4n) is 1.78. The highest BCUT2D eigenvalue weighted by Gasteiger charge is 2.26. The van der Waals surface area contributed by atoms with Gasteiger partial charge in [0.15, 0.2) is 5.96 Å². The molecular weight excluding hydrogens is 321 g/mol. The first-order valence-corrected chi connectivity index (χ1v) is 6.77. The van der Waals surface area contributed by atoms with Crippen molar-refractivity contribution in [1.82, 2.24) is 10.6 Å². The molecule has 130 valence electrons. The van der Waals surface area contributed by atoms with Crippen molar-refractivity contribution in [1.29, 1.82) is 0 Å². The molecular formula is C14H18F5N3O. The number of rotatable bonds is 6. The van der Waals surface area contributed by atoms with Gasteiger partial charge in [-0.2, -0.15) is 22.0 Å². The van der Waals surface area contributed by atoms with E-state index in [9.17, 15) is 22.0 Å². The van der Waals surface area contributed by atoms with E-state index in [1.807, 2.05) is 0 Å². The van der Waals surface area contributed by atoms with E-state index < -0.39 is 19.2 Å². The molecule has 0 aliphatic heterocycles. The predicted octanol–water partition coefficient (Wildman–Crippen LogP) is 3.21. The van der Waals surface area contributed by atoms with Crippen molar-refractivity contribution in [2.75, 3.05) is 13.6 Å². The summed E-state index contributed by atoms with van der Waals surface area (Å²) in [5.41, 5.74) is 1.28. The fourth-order valence-corrected chi connectivity index (χ4v) is 1.78. The predicted molar refractivity (Wildman–Crippen MR) is 76.7 cm³/mol. The maximum atomic E-state index is 12.4. The summed E-state index contributed by atoms with van der Waals surface area (Å²) in [5, 5.41) is 5.26. The number of nitrogens with zero attached hydrogens (tertiary/aromatic N) is 1. The summed E-state index contributed by atoms with van der Waals surface area (Å²) in [5.74, 6) is 0.141. The summed E-state index contributed by atoms with van der Waals surface area (Å²) in [6.45, 7) is -1.43. The van der Waals surface area contributed by atoms with Crippen LogP contribution in [0.1, 0.15) is 17.5 Å². The Bertz CT molecular complexity index is 532. The lowest BCUT2D eigenvalue weighted by atomic mass is 10.1. The zero-order chi connectivity index (χ0) is 17.5.